The summed E-state index contributed by atoms with van der Waals surface area (Å²) in [5, 5.41) is 6.52. The highest BCUT2D eigenvalue weighted by Crippen LogP contribution is 2.36. The predicted octanol–water partition coefficient (Wildman–Crippen LogP) is 5.62. The molecule has 3 N–H and O–H groups in total. The lowest BCUT2D eigenvalue weighted by Crippen LogP contribution is -2.53. The predicted molar refractivity (Wildman–Crippen MR) is 142 cm³/mol. The number of hydrogen-bond donors (Lipinski definition) is 3. The first-order chi connectivity index (χ1) is 15.9. The fraction of sp³-hybridized carbons (Fsp3) is 0.379. The van der Waals surface area contributed by atoms with Crippen molar-refractivity contribution in [2.45, 2.75) is 72.8 Å². The van der Waals surface area contributed by atoms with Crippen LogP contribution in [0, 0.1) is 0 Å². The molecule has 2 amide bonds. The number of piperazine rings is 1. The average Bonchev–Trinajstić information content (AvgIpc) is 3.13. The monoisotopic (exact) mass is 459 g/mol. The Morgan fingerprint density at radius 1 is 1.06 bits per heavy atom. The molecule has 34 heavy (non-hydrogen) atoms. The van der Waals surface area contributed by atoms with Gasteiger partial charge in [-0.05, 0) is 64.7 Å². The van der Waals surface area contributed by atoms with Crippen LogP contribution in [0.15, 0.2) is 53.8 Å². The van der Waals surface area contributed by atoms with E-state index in [4.69, 9.17) is 0 Å². The van der Waals surface area contributed by atoms with E-state index >= 15 is 0 Å². The summed E-state index contributed by atoms with van der Waals surface area (Å²) in [6, 6.07) is 3.75. The maximum Gasteiger partial charge on any atom is 0.268 e. The van der Waals surface area contributed by atoms with Crippen molar-refractivity contribution in [3.8, 4) is 0 Å². The SMILES string of the molecule is C=CC(C)(C)c1[nH]c2c(CC=C(C)C)c(CC=C(C)C)ccc2c1/C=C1\NC(=O)[C@@H](C)NC1=O. The Hall–Kier alpha value is -3.34. The quantitative estimate of drug-likeness (QED) is 0.371. The molecule has 1 aromatic carbocycles. The van der Waals surface area contributed by atoms with E-state index in [2.05, 4.69) is 88.0 Å². The Morgan fingerprint density at radius 3 is 2.32 bits per heavy atom. The summed E-state index contributed by atoms with van der Waals surface area (Å²) < 4.78 is 0. The molecule has 5 nitrogen and oxygen atoms in total. The van der Waals surface area contributed by atoms with Crippen LogP contribution in [0.25, 0.3) is 17.0 Å². The molecule has 1 fully saturated rings. The summed E-state index contributed by atoms with van der Waals surface area (Å²) >= 11 is 0. The zero-order chi connectivity index (χ0) is 25.2. The zero-order valence-electron chi connectivity index (χ0n) is 21.5. The van der Waals surface area contributed by atoms with Crippen molar-refractivity contribution in [3.05, 3.63) is 76.2 Å². The topological polar surface area (TPSA) is 74.0 Å². The first kappa shape index (κ1) is 25.3. The number of aromatic nitrogens is 1. The van der Waals surface area contributed by atoms with Crippen LogP contribution in [0.4, 0.5) is 0 Å². The van der Waals surface area contributed by atoms with Crippen molar-refractivity contribution in [2.75, 3.05) is 0 Å². The highest BCUT2D eigenvalue weighted by Gasteiger charge is 2.29. The highest BCUT2D eigenvalue weighted by atomic mass is 16.2. The van der Waals surface area contributed by atoms with Crippen LogP contribution in [0.2, 0.25) is 0 Å². The molecule has 2 heterocycles. The Labute approximate surface area is 203 Å². The molecule has 180 valence electrons. The van der Waals surface area contributed by atoms with Gasteiger partial charge in [-0.1, -0.05) is 55.4 Å². The molecule has 1 aliphatic heterocycles. The minimum atomic E-state index is -0.551. The molecular weight excluding hydrogens is 422 g/mol. The number of carbonyl (C=O) groups excluding carboxylic acids is 2. The van der Waals surface area contributed by atoms with Crippen LogP contribution in [-0.2, 0) is 27.8 Å². The fourth-order valence-corrected chi connectivity index (χ4v) is 4.07. The Kier molecular flexibility index (Phi) is 7.35. The Bertz CT molecular complexity index is 1230. The maximum atomic E-state index is 12.7. The number of H-pyrrole nitrogens is 1. The first-order valence-electron chi connectivity index (χ1n) is 11.8. The van der Waals surface area contributed by atoms with Gasteiger partial charge in [0.25, 0.3) is 5.91 Å². The molecule has 1 atom stereocenters. The van der Waals surface area contributed by atoms with Crippen molar-refractivity contribution >= 4 is 28.8 Å². The summed E-state index contributed by atoms with van der Waals surface area (Å²) in [5.41, 5.74) is 7.86. The van der Waals surface area contributed by atoms with Gasteiger partial charge >= 0.3 is 0 Å². The number of allylic oxidation sites excluding steroid dienone is 5. The van der Waals surface area contributed by atoms with Crippen molar-refractivity contribution < 1.29 is 9.59 Å². The van der Waals surface area contributed by atoms with Gasteiger partial charge in [0, 0.05) is 22.1 Å². The normalized spacial score (nSPS) is 17.4. The van der Waals surface area contributed by atoms with Gasteiger partial charge in [-0.25, -0.2) is 0 Å². The molecule has 2 aromatic rings. The van der Waals surface area contributed by atoms with E-state index in [0.29, 0.717) is 0 Å². The number of fused-ring (bicyclic) bond motifs is 1. The molecule has 0 saturated carbocycles. The molecule has 0 aliphatic carbocycles. The molecule has 5 heteroatoms. The number of hydrogen-bond acceptors (Lipinski definition) is 2. The number of benzene rings is 1. The summed E-state index contributed by atoms with van der Waals surface area (Å²) in [7, 11) is 0. The van der Waals surface area contributed by atoms with Gasteiger partial charge in [0.1, 0.15) is 11.7 Å². The molecule has 0 radical (unpaired) electrons. The van der Waals surface area contributed by atoms with E-state index in [0.717, 1.165) is 35.0 Å². The van der Waals surface area contributed by atoms with Crippen molar-refractivity contribution in [1.29, 1.82) is 0 Å². The lowest BCUT2D eigenvalue weighted by atomic mass is 9.86. The molecule has 0 unspecified atom stereocenters. The standard InChI is InChI=1S/C29H37N3O2/c1-9-29(7,8)26-23(16-24-28(34)30-19(6)27(33)31-24)22-15-13-20(12-10-17(2)3)21(25(22)32-26)14-11-18(4)5/h9-11,13,15-16,19,32H,1,12,14H2,2-8H3,(H,30,34)(H,31,33)/b24-16-/t19-/m1/s1. The smallest absolute Gasteiger partial charge is 0.268 e. The second-order valence-corrected chi connectivity index (χ2v) is 10.2. The molecule has 1 saturated heterocycles. The van der Waals surface area contributed by atoms with Gasteiger partial charge < -0.3 is 15.6 Å². The third kappa shape index (κ3) is 5.24. The van der Waals surface area contributed by atoms with Gasteiger partial charge in [0.15, 0.2) is 0 Å². The Morgan fingerprint density at radius 2 is 1.71 bits per heavy atom. The van der Waals surface area contributed by atoms with E-state index in [1.165, 1.54) is 22.3 Å². The number of nitrogens with one attached hydrogen (secondary N) is 3. The summed E-state index contributed by atoms with van der Waals surface area (Å²) in [6.45, 7) is 18.3. The lowest BCUT2D eigenvalue weighted by Gasteiger charge is -2.23. The molecular formula is C29H37N3O2. The van der Waals surface area contributed by atoms with E-state index < -0.39 is 6.04 Å². The molecule has 1 aliphatic rings. The number of amides is 2. The van der Waals surface area contributed by atoms with Crippen LogP contribution >= 0.6 is 0 Å². The van der Waals surface area contributed by atoms with Gasteiger partial charge in [-0.2, -0.15) is 0 Å². The zero-order valence-corrected chi connectivity index (χ0v) is 21.5. The first-order valence-corrected chi connectivity index (χ1v) is 11.8. The maximum absolute atomic E-state index is 12.7. The van der Waals surface area contributed by atoms with Crippen LogP contribution in [0.3, 0.4) is 0 Å². The van der Waals surface area contributed by atoms with Crippen molar-refractivity contribution in [2.24, 2.45) is 0 Å². The summed E-state index contributed by atoms with van der Waals surface area (Å²) in [5.74, 6) is -0.503. The van der Waals surface area contributed by atoms with E-state index in [1.54, 1.807) is 13.0 Å². The third-order valence-electron chi connectivity index (χ3n) is 6.35. The lowest BCUT2D eigenvalue weighted by molar-refractivity contribution is -0.130. The second-order valence-electron chi connectivity index (χ2n) is 10.2. The summed E-state index contributed by atoms with van der Waals surface area (Å²) in [4.78, 5) is 28.6. The Balaban J connectivity index is 2.31. The molecule has 0 bridgehead atoms. The van der Waals surface area contributed by atoms with Crippen LogP contribution in [0.1, 0.15) is 70.9 Å². The van der Waals surface area contributed by atoms with E-state index in [-0.39, 0.29) is 22.9 Å². The van der Waals surface area contributed by atoms with Gasteiger partial charge in [0.05, 0.1) is 5.52 Å². The van der Waals surface area contributed by atoms with Gasteiger partial charge in [-0.3, -0.25) is 9.59 Å². The van der Waals surface area contributed by atoms with E-state index in [9.17, 15) is 9.59 Å². The van der Waals surface area contributed by atoms with Crippen molar-refractivity contribution in [3.63, 3.8) is 0 Å². The number of rotatable bonds is 7. The minimum absolute atomic E-state index is 0.219. The van der Waals surface area contributed by atoms with E-state index in [1.807, 2.05) is 6.08 Å². The minimum Gasteiger partial charge on any atom is -0.357 e. The molecule has 0 spiro atoms. The highest BCUT2D eigenvalue weighted by molar-refractivity contribution is 6.08. The van der Waals surface area contributed by atoms with Gasteiger partial charge in [-0.15, -0.1) is 6.58 Å². The third-order valence-corrected chi connectivity index (χ3v) is 6.35. The fourth-order valence-electron chi connectivity index (χ4n) is 4.07. The molecule has 3 rings (SSSR count). The molecule has 1 aromatic heterocycles. The van der Waals surface area contributed by atoms with Crippen LogP contribution in [0.5, 0.6) is 0 Å². The largest absolute Gasteiger partial charge is 0.357 e. The van der Waals surface area contributed by atoms with Crippen LogP contribution in [-0.4, -0.2) is 22.8 Å². The summed E-state index contributed by atoms with van der Waals surface area (Å²) in [6.07, 6.45) is 9.85. The van der Waals surface area contributed by atoms with Crippen LogP contribution < -0.4 is 10.6 Å². The van der Waals surface area contributed by atoms with Crippen molar-refractivity contribution in [1.82, 2.24) is 15.6 Å². The van der Waals surface area contributed by atoms with Gasteiger partial charge in [0.2, 0.25) is 5.91 Å². The number of aromatic amines is 1. The second kappa shape index (κ2) is 9.88. The number of carbonyl (C=O) groups is 2. The average molecular weight is 460 g/mol.